The number of nitrogens with one attached hydrogen (secondary N) is 6. The maximum absolute atomic E-state index is 13.6. The molecule has 534 valence electrons. The van der Waals surface area contributed by atoms with E-state index in [2.05, 4.69) is 62.8 Å². The summed E-state index contributed by atoms with van der Waals surface area (Å²) in [5.74, 6) is -2.80. The third-order valence-electron chi connectivity index (χ3n) is 15.3. The summed E-state index contributed by atoms with van der Waals surface area (Å²) in [7, 11) is 0. The minimum absolute atomic E-state index is 0.0142. The van der Waals surface area contributed by atoms with Crippen LogP contribution in [0.4, 0.5) is 11.4 Å². The largest absolute Gasteiger partial charge is 0.394 e. The predicted molar refractivity (Wildman–Crippen MR) is 336 cm³/mol. The molecule has 97 heavy (non-hydrogen) atoms. The minimum Gasteiger partial charge on any atom is -0.394 e. The third-order valence-corrected chi connectivity index (χ3v) is 15.3. The van der Waals surface area contributed by atoms with Crippen molar-refractivity contribution in [3.63, 3.8) is 0 Å². The fourth-order valence-electron chi connectivity index (χ4n) is 9.70. The zero-order valence-corrected chi connectivity index (χ0v) is 53.8. The van der Waals surface area contributed by atoms with Gasteiger partial charge in [0.2, 0.25) is 41.4 Å². The number of carbonyl (C=O) groups excluding carboxylic acids is 8. The molecule has 37 heteroatoms. The van der Waals surface area contributed by atoms with Crippen LogP contribution in [0.5, 0.6) is 0 Å². The smallest absolute Gasteiger partial charge is 0.251 e. The topological polar surface area (TPSA) is 526 Å². The number of aliphatic hydroxyl groups is 8. The molecule has 0 radical (unpaired) electrons. The molecule has 2 aromatic heterocycles. The number of carbonyl (C=O) groups is 8. The van der Waals surface area contributed by atoms with Gasteiger partial charge in [-0.1, -0.05) is 22.6 Å². The highest BCUT2D eigenvalue weighted by molar-refractivity contribution is 5.94. The van der Waals surface area contributed by atoms with E-state index >= 15 is 0 Å². The molecule has 8 amide bonds. The van der Waals surface area contributed by atoms with Crippen LogP contribution in [0.25, 0.3) is 0 Å². The first kappa shape index (κ1) is 77.6. The van der Waals surface area contributed by atoms with Gasteiger partial charge in [0.15, 0.2) is 12.6 Å². The first-order valence-electron chi connectivity index (χ1n) is 31.7. The van der Waals surface area contributed by atoms with Crippen LogP contribution in [0.2, 0.25) is 0 Å². The van der Waals surface area contributed by atoms with E-state index < -0.39 is 92.3 Å². The number of hydrogen-bond donors (Lipinski definition) is 15. The van der Waals surface area contributed by atoms with E-state index in [9.17, 15) is 79.2 Å². The van der Waals surface area contributed by atoms with Crippen LogP contribution in [0.15, 0.2) is 71.2 Å². The third kappa shape index (κ3) is 26.5. The molecule has 2 fully saturated rings. The van der Waals surface area contributed by atoms with Crippen molar-refractivity contribution in [1.82, 2.24) is 71.7 Å². The molecule has 0 aliphatic carbocycles. The standard InChI is InChI=1S/C60H89N17O20/c1-37(80)62-20-24-74(50(85)16-10-42-33-76(72-70-42)28-30-94-59-56(91)54(89)52(87)44(35-78)96-59)25-21-65-48(83)14-15-49(84)67-32-38-2-6-40(7-3-38)68-69-41-8-4-39(5-9-41)58(93)66-23-27-75(26-22-64-47(82)13-12-46(81)63-19-18-61)51(86)17-11-43-34-77(73-71-43)29-31-95-60-57(92)55(90)53(88)45(36-79)97-60/h2-9,33-34,44-45,52-57,59-60,78-79,87-92H,10-32,35-36,61H2,1H3,(H,62,80)(H,63,81)(H,64,82)(H,65,83)(H,66,93)(H,67,84)/t44-,45-,52+,53+,54+,55+,56-,57-,59-,60-/m1/s1. The van der Waals surface area contributed by atoms with Crippen LogP contribution in [0, 0.1) is 0 Å². The Bertz CT molecular complexity index is 3160. The fraction of sp³-hybridized carbons (Fsp3) is 0.600. The number of nitrogens with zero attached hydrogens (tertiary/aromatic N) is 10. The van der Waals surface area contributed by atoms with Crippen molar-refractivity contribution in [2.45, 2.75) is 139 Å². The second-order valence-electron chi connectivity index (χ2n) is 22.6. The van der Waals surface area contributed by atoms with Crippen LogP contribution in [0.3, 0.4) is 0 Å². The quantitative estimate of drug-likeness (QED) is 0.0184. The minimum atomic E-state index is -1.60. The molecule has 0 unspecified atom stereocenters. The zero-order chi connectivity index (χ0) is 70.2. The molecule has 6 rings (SSSR count). The average Bonchev–Trinajstić information content (AvgIpc) is 1.48. The van der Waals surface area contributed by atoms with Crippen LogP contribution < -0.4 is 37.6 Å². The highest BCUT2D eigenvalue weighted by Gasteiger charge is 2.45. The summed E-state index contributed by atoms with van der Waals surface area (Å²) in [4.78, 5) is 105. The van der Waals surface area contributed by atoms with E-state index in [1.165, 1.54) is 26.1 Å². The molecule has 2 aliphatic rings. The lowest BCUT2D eigenvalue weighted by molar-refractivity contribution is -0.301. The fourth-order valence-corrected chi connectivity index (χ4v) is 9.70. The summed E-state index contributed by atoms with van der Waals surface area (Å²) in [6, 6.07) is 13.2. The number of nitrogens with two attached hydrogens (primary N) is 1. The number of azo groups is 1. The molecule has 16 N–H and O–H groups in total. The highest BCUT2D eigenvalue weighted by Crippen LogP contribution is 2.24. The lowest BCUT2D eigenvalue weighted by Gasteiger charge is -2.39. The zero-order valence-electron chi connectivity index (χ0n) is 53.8. The van der Waals surface area contributed by atoms with Crippen LogP contribution >= 0.6 is 0 Å². The number of benzene rings is 2. The monoisotopic (exact) mass is 1370 g/mol. The lowest BCUT2D eigenvalue weighted by Crippen LogP contribution is -2.59. The molecule has 4 aromatic rings. The first-order chi connectivity index (χ1) is 46.6. The Kier molecular flexibility index (Phi) is 32.8. The van der Waals surface area contributed by atoms with Crippen molar-refractivity contribution in [1.29, 1.82) is 0 Å². The molecule has 0 spiro atoms. The van der Waals surface area contributed by atoms with Crippen LogP contribution in [0.1, 0.15) is 72.8 Å². The number of amides is 8. The van der Waals surface area contributed by atoms with E-state index in [1.807, 2.05) is 0 Å². The second-order valence-corrected chi connectivity index (χ2v) is 22.6. The normalized spacial score (nSPS) is 20.8. The number of aromatic nitrogens is 6. The first-order valence-corrected chi connectivity index (χ1v) is 31.7. The average molecular weight is 1370 g/mol. The summed E-state index contributed by atoms with van der Waals surface area (Å²) in [5, 5.41) is 120. The summed E-state index contributed by atoms with van der Waals surface area (Å²) < 4.78 is 24.6. The van der Waals surface area contributed by atoms with E-state index in [-0.39, 0.29) is 179 Å². The molecule has 0 bridgehead atoms. The number of hydrogen-bond acceptors (Lipinski definition) is 27. The van der Waals surface area contributed by atoms with E-state index in [4.69, 9.17) is 24.7 Å². The van der Waals surface area contributed by atoms with E-state index in [0.717, 1.165) is 5.56 Å². The number of ether oxygens (including phenoxy) is 4. The molecule has 2 aliphatic heterocycles. The number of aryl methyl sites for hydroxylation is 2. The van der Waals surface area contributed by atoms with Gasteiger partial charge in [-0.15, -0.1) is 10.2 Å². The summed E-state index contributed by atoms with van der Waals surface area (Å²) in [6.45, 7) is 1.83. The van der Waals surface area contributed by atoms with Crippen molar-refractivity contribution < 1.29 is 98.2 Å². The summed E-state index contributed by atoms with van der Waals surface area (Å²) >= 11 is 0. The predicted octanol–water partition coefficient (Wildman–Crippen LogP) is -5.81. The molecular weight excluding hydrogens is 1280 g/mol. The Balaban J connectivity index is 0.878. The SMILES string of the molecule is CC(=O)NCCN(CCNC(=O)CCC(=O)NCc1ccc(N=Nc2ccc(C(=O)NCCN(CCNC(=O)CCC(=O)NCCN)C(=O)CCc3cn(CCO[C@@H]4O[C@H](CO)[C@H](O)[C@H](O)[C@H]4O)nn3)cc2)cc1)C(=O)CCc1cn(CCO[C@@H]2O[C@H](CO)[C@H](O)[C@H](O)[C@H]2O)nn1. The maximum Gasteiger partial charge on any atom is 0.251 e. The van der Waals surface area contributed by atoms with Crippen molar-refractivity contribution in [3.05, 3.63) is 83.4 Å². The van der Waals surface area contributed by atoms with Gasteiger partial charge in [0, 0.05) is 148 Å². The van der Waals surface area contributed by atoms with Gasteiger partial charge in [0.25, 0.3) is 5.91 Å². The second kappa shape index (κ2) is 41.0. The Morgan fingerprint density at radius 3 is 1.35 bits per heavy atom. The van der Waals surface area contributed by atoms with Crippen molar-refractivity contribution in [2.24, 2.45) is 16.0 Å². The number of rotatable bonds is 41. The van der Waals surface area contributed by atoms with Crippen LogP contribution in [-0.4, -0.2) is 281 Å². The Morgan fingerprint density at radius 2 is 0.928 bits per heavy atom. The van der Waals surface area contributed by atoms with E-state index in [0.29, 0.717) is 28.3 Å². The Labute approximate surface area is 557 Å². The van der Waals surface area contributed by atoms with Gasteiger partial charge in [-0.3, -0.25) is 38.4 Å². The van der Waals surface area contributed by atoms with Crippen LogP contribution in [-0.2, 0) is 85.0 Å². The molecule has 10 atom stereocenters. The van der Waals surface area contributed by atoms with Gasteiger partial charge in [0.05, 0.1) is 62.3 Å². The van der Waals surface area contributed by atoms with Gasteiger partial charge >= 0.3 is 0 Å². The van der Waals surface area contributed by atoms with Crippen molar-refractivity contribution >= 4 is 58.6 Å². The van der Waals surface area contributed by atoms with Gasteiger partial charge in [0.1, 0.15) is 48.8 Å². The Morgan fingerprint density at radius 1 is 0.526 bits per heavy atom. The molecule has 2 aromatic carbocycles. The van der Waals surface area contributed by atoms with Gasteiger partial charge in [-0.2, -0.15) is 10.2 Å². The lowest BCUT2D eigenvalue weighted by atomic mass is 9.99. The van der Waals surface area contributed by atoms with Crippen molar-refractivity contribution in [2.75, 3.05) is 91.9 Å². The summed E-state index contributed by atoms with van der Waals surface area (Å²) in [5.41, 5.74) is 8.37. The molecule has 4 heterocycles. The molecule has 2 saturated heterocycles. The van der Waals surface area contributed by atoms with Crippen molar-refractivity contribution in [3.8, 4) is 0 Å². The molecular formula is C60H89N17O20. The molecule has 37 nitrogen and oxygen atoms in total. The maximum atomic E-state index is 13.6. The number of aliphatic hydroxyl groups excluding tert-OH is 8. The molecule has 0 saturated carbocycles. The Hall–Kier alpha value is -8.44. The van der Waals surface area contributed by atoms with Gasteiger partial charge in [-0.05, 0) is 42.0 Å². The van der Waals surface area contributed by atoms with Gasteiger partial charge in [-0.25, -0.2) is 9.36 Å². The summed E-state index contributed by atoms with van der Waals surface area (Å²) in [6.07, 6.45) is -11.0. The highest BCUT2D eigenvalue weighted by atomic mass is 16.7. The van der Waals surface area contributed by atoms with Gasteiger partial charge < -0.3 is 107 Å². The van der Waals surface area contributed by atoms with E-state index in [1.54, 1.807) is 60.9 Å².